The molecular weight excluding hydrogens is 412 g/mol. The number of nitrogens with zero attached hydrogens (tertiary/aromatic N) is 1. The van der Waals surface area contributed by atoms with Crippen LogP contribution >= 0.6 is 0 Å². The van der Waals surface area contributed by atoms with Crippen LogP contribution in [-0.2, 0) is 21.5 Å². The highest BCUT2D eigenvalue weighted by molar-refractivity contribution is 7.87. The number of rotatable bonds is 7. The predicted molar refractivity (Wildman–Crippen MR) is 117 cm³/mol. The summed E-state index contributed by atoms with van der Waals surface area (Å²) in [4.78, 5) is 12.5. The largest absolute Gasteiger partial charge is 0.378 e. The predicted octanol–water partition coefficient (Wildman–Crippen LogP) is 3.99. The van der Waals surface area contributed by atoms with Gasteiger partial charge in [0.1, 0.15) is 22.3 Å². The first kappa shape index (κ1) is 21.8. The number of aryl methyl sites for hydroxylation is 1. The van der Waals surface area contributed by atoms with Crippen LogP contribution in [0, 0.1) is 18.3 Å². The second-order valence-corrected chi connectivity index (χ2v) is 8.27. The topological polar surface area (TPSA) is 96.3 Å². The molecule has 1 amide bonds. The summed E-state index contributed by atoms with van der Waals surface area (Å²) >= 11 is 0. The first-order chi connectivity index (χ1) is 14.9. The number of amides is 1. The third-order valence-electron chi connectivity index (χ3n) is 4.39. The molecule has 0 saturated heterocycles. The van der Waals surface area contributed by atoms with Crippen molar-refractivity contribution in [2.75, 3.05) is 0 Å². The van der Waals surface area contributed by atoms with Crippen molar-refractivity contribution in [2.45, 2.75) is 18.4 Å². The summed E-state index contributed by atoms with van der Waals surface area (Å²) in [5.41, 5.74) is 1.94. The molecule has 3 rings (SSSR count). The van der Waals surface area contributed by atoms with E-state index >= 15 is 0 Å². The number of nitrogens with one attached hydrogen (secondary N) is 1. The summed E-state index contributed by atoms with van der Waals surface area (Å²) in [6, 6.07) is 23.7. The van der Waals surface area contributed by atoms with E-state index in [0.29, 0.717) is 5.56 Å². The molecule has 31 heavy (non-hydrogen) atoms. The number of benzene rings is 3. The van der Waals surface area contributed by atoms with E-state index in [0.717, 1.165) is 11.1 Å². The number of para-hydroxylation sites is 1. The van der Waals surface area contributed by atoms with Crippen molar-refractivity contribution in [3.63, 3.8) is 0 Å². The molecule has 0 atom stereocenters. The van der Waals surface area contributed by atoms with Gasteiger partial charge in [0.15, 0.2) is 0 Å². The van der Waals surface area contributed by atoms with E-state index in [9.17, 15) is 18.5 Å². The fourth-order valence-corrected chi connectivity index (χ4v) is 3.68. The average molecular weight is 433 g/mol. The normalized spacial score (nSPS) is 11.4. The van der Waals surface area contributed by atoms with Crippen molar-refractivity contribution < 1.29 is 17.4 Å². The molecule has 0 radical (unpaired) electrons. The van der Waals surface area contributed by atoms with E-state index in [4.69, 9.17) is 4.18 Å². The van der Waals surface area contributed by atoms with E-state index in [2.05, 4.69) is 5.32 Å². The van der Waals surface area contributed by atoms with Crippen LogP contribution in [0.15, 0.2) is 89.3 Å². The zero-order valence-corrected chi connectivity index (χ0v) is 17.6. The molecule has 0 fully saturated rings. The minimum absolute atomic E-state index is 0.0120. The van der Waals surface area contributed by atoms with Crippen molar-refractivity contribution in [3.8, 4) is 11.8 Å². The van der Waals surface area contributed by atoms with Gasteiger partial charge in [-0.15, -0.1) is 0 Å². The molecular formula is C24H20N2O4S. The van der Waals surface area contributed by atoms with Crippen molar-refractivity contribution in [1.82, 2.24) is 5.32 Å². The monoisotopic (exact) mass is 432 g/mol. The Hall–Kier alpha value is -3.89. The van der Waals surface area contributed by atoms with Gasteiger partial charge in [-0.1, -0.05) is 66.2 Å². The highest BCUT2D eigenvalue weighted by atomic mass is 32.2. The van der Waals surface area contributed by atoms with Crippen LogP contribution in [-0.4, -0.2) is 14.3 Å². The summed E-state index contributed by atoms with van der Waals surface area (Å²) in [7, 11) is -4.07. The van der Waals surface area contributed by atoms with Gasteiger partial charge < -0.3 is 9.50 Å². The van der Waals surface area contributed by atoms with Crippen LogP contribution < -0.4 is 9.50 Å². The lowest BCUT2D eigenvalue weighted by Gasteiger charge is -2.10. The van der Waals surface area contributed by atoms with E-state index in [1.165, 1.54) is 24.3 Å². The molecule has 0 spiro atoms. The Morgan fingerprint density at radius 1 is 1.00 bits per heavy atom. The number of carbonyl (C=O) groups is 1. The molecule has 0 aliphatic carbocycles. The summed E-state index contributed by atoms with van der Waals surface area (Å²) < 4.78 is 30.6. The third kappa shape index (κ3) is 5.81. The Morgan fingerprint density at radius 3 is 2.32 bits per heavy atom. The molecule has 0 saturated carbocycles. The Morgan fingerprint density at radius 2 is 1.65 bits per heavy atom. The highest BCUT2D eigenvalue weighted by Gasteiger charge is 2.18. The van der Waals surface area contributed by atoms with Crippen molar-refractivity contribution >= 4 is 22.1 Å². The van der Waals surface area contributed by atoms with Gasteiger partial charge in [-0.25, -0.2) is 0 Å². The van der Waals surface area contributed by atoms with Gasteiger partial charge >= 0.3 is 10.1 Å². The fraction of sp³-hybridized carbons (Fsp3) is 0.0833. The standard InChI is InChI=1S/C24H20N2O4S/c1-18-11-13-22(14-12-18)31(28,29)30-23-10-6-5-9-20(23)15-21(16-25)24(27)26-17-19-7-3-2-4-8-19/h2-15H,17H2,1H3,(H,26,27)/b21-15+. The average Bonchev–Trinajstić information content (AvgIpc) is 2.77. The van der Waals surface area contributed by atoms with E-state index in [-0.39, 0.29) is 22.8 Å². The molecule has 1 N–H and O–H groups in total. The van der Waals surface area contributed by atoms with E-state index < -0.39 is 16.0 Å². The Labute approximate surface area is 181 Å². The number of hydrogen-bond donors (Lipinski definition) is 1. The van der Waals surface area contributed by atoms with Crippen molar-refractivity contribution in [1.29, 1.82) is 5.26 Å². The van der Waals surface area contributed by atoms with Crippen LogP contribution in [0.2, 0.25) is 0 Å². The first-order valence-corrected chi connectivity index (χ1v) is 10.8. The molecule has 0 unspecified atom stereocenters. The Balaban J connectivity index is 1.82. The third-order valence-corrected chi connectivity index (χ3v) is 5.64. The van der Waals surface area contributed by atoms with Gasteiger partial charge in [-0.2, -0.15) is 13.7 Å². The van der Waals surface area contributed by atoms with Crippen LogP contribution in [0.1, 0.15) is 16.7 Å². The number of nitriles is 1. The zero-order chi connectivity index (χ0) is 22.3. The minimum atomic E-state index is -4.07. The quantitative estimate of drug-likeness (QED) is 0.346. The van der Waals surface area contributed by atoms with Gasteiger partial charge in [-0.3, -0.25) is 4.79 Å². The number of carbonyl (C=O) groups excluding carboxylic acids is 1. The summed E-state index contributed by atoms with van der Waals surface area (Å²) in [6.45, 7) is 2.11. The summed E-state index contributed by atoms with van der Waals surface area (Å²) in [5.74, 6) is -0.547. The maximum atomic E-state index is 12.6. The lowest BCUT2D eigenvalue weighted by atomic mass is 10.1. The molecule has 0 heterocycles. The molecule has 3 aromatic rings. The van der Waals surface area contributed by atoms with Crippen molar-refractivity contribution in [3.05, 3.63) is 101 Å². The second-order valence-electron chi connectivity index (χ2n) is 6.73. The molecule has 0 aliphatic heterocycles. The van der Waals surface area contributed by atoms with Gasteiger partial charge in [0.05, 0.1) is 0 Å². The van der Waals surface area contributed by atoms with Gasteiger partial charge in [-0.05, 0) is 36.8 Å². The highest BCUT2D eigenvalue weighted by Crippen LogP contribution is 2.25. The Bertz CT molecular complexity index is 1240. The van der Waals surface area contributed by atoms with E-state index in [1.807, 2.05) is 43.3 Å². The fourth-order valence-electron chi connectivity index (χ4n) is 2.72. The van der Waals surface area contributed by atoms with E-state index in [1.54, 1.807) is 30.3 Å². The van der Waals surface area contributed by atoms with Gasteiger partial charge in [0.25, 0.3) is 5.91 Å². The molecule has 0 bridgehead atoms. The second kappa shape index (κ2) is 9.74. The minimum Gasteiger partial charge on any atom is -0.378 e. The molecule has 7 heteroatoms. The molecule has 0 aliphatic rings. The Kier molecular flexibility index (Phi) is 6.85. The van der Waals surface area contributed by atoms with Crippen LogP contribution in [0.4, 0.5) is 0 Å². The lowest BCUT2D eigenvalue weighted by molar-refractivity contribution is -0.117. The molecule has 0 aromatic heterocycles. The maximum Gasteiger partial charge on any atom is 0.339 e. The van der Waals surface area contributed by atoms with Crippen LogP contribution in [0.25, 0.3) is 6.08 Å². The smallest absolute Gasteiger partial charge is 0.339 e. The lowest BCUT2D eigenvalue weighted by Crippen LogP contribution is -2.23. The van der Waals surface area contributed by atoms with Crippen molar-refractivity contribution in [2.24, 2.45) is 0 Å². The zero-order valence-electron chi connectivity index (χ0n) is 16.8. The molecule has 3 aromatic carbocycles. The number of hydrogen-bond acceptors (Lipinski definition) is 5. The summed E-state index contributed by atoms with van der Waals surface area (Å²) in [6.07, 6.45) is 1.31. The molecule has 156 valence electrons. The van der Waals surface area contributed by atoms with Gasteiger partial charge in [0, 0.05) is 12.1 Å². The SMILES string of the molecule is Cc1ccc(S(=O)(=O)Oc2ccccc2/C=C(\C#N)C(=O)NCc2ccccc2)cc1. The van der Waals surface area contributed by atoms with Gasteiger partial charge in [0.2, 0.25) is 0 Å². The summed E-state index contributed by atoms with van der Waals surface area (Å²) in [5, 5.41) is 12.1. The first-order valence-electron chi connectivity index (χ1n) is 9.43. The van der Waals surface area contributed by atoms with Crippen LogP contribution in [0.5, 0.6) is 5.75 Å². The molecule has 6 nitrogen and oxygen atoms in total. The maximum absolute atomic E-state index is 12.6. The van der Waals surface area contributed by atoms with Crippen LogP contribution in [0.3, 0.4) is 0 Å².